The van der Waals surface area contributed by atoms with Gasteiger partial charge in [0.15, 0.2) is 11.0 Å². The molecule has 6 nitrogen and oxygen atoms in total. The summed E-state index contributed by atoms with van der Waals surface area (Å²) < 4.78 is 2.20. The first kappa shape index (κ1) is 17.9. The molecule has 0 bridgehead atoms. The van der Waals surface area contributed by atoms with Crippen LogP contribution in [0.3, 0.4) is 0 Å². The number of aromatic nitrogens is 4. The van der Waals surface area contributed by atoms with Crippen LogP contribution in [0, 0.1) is 0 Å². The minimum Gasteiger partial charge on any atom is -0.334 e. The molecule has 1 unspecified atom stereocenters. The zero-order chi connectivity index (χ0) is 18.9. The minimum absolute atomic E-state index is 0.191. The Morgan fingerprint density at radius 3 is 2.79 bits per heavy atom. The van der Waals surface area contributed by atoms with Crippen molar-refractivity contribution in [2.75, 3.05) is 12.3 Å². The second-order valence-electron chi connectivity index (χ2n) is 7.19. The number of nitrogens with zero attached hydrogens (tertiary/aromatic N) is 5. The van der Waals surface area contributed by atoms with Gasteiger partial charge in [-0.2, -0.15) is 0 Å². The number of hydrogen-bond acceptors (Lipinski definition) is 6. The number of thioether (sulfide) groups is 1. The van der Waals surface area contributed by atoms with E-state index in [1.165, 1.54) is 16.6 Å². The normalized spacial score (nSPS) is 19.3. The lowest BCUT2D eigenvalue weighted by atomic mass is 10.2. The van der Waals surface area contributed by atoms with Crippen LogP contribution >= 0.6 is 23.1 Å². The molecule has 144 valence electrons. The van der Waals surface area contributed by atoms with Crippen molar-refractivity contribution in [1.29, 1.82) is 0 Å². The number of pyridine rings is 1. The van der Waals surface area contributed by atoms with Crippen molar-refractivity contribution < 1.29 is 4.79 Å². The third-order valence-corrected chi connectivity index (χ3v) is 7.19. The van der Waals surface area contributed by atoms with E-state index < -0.39 is 0 Å². The van der Waals surface area contributed by atoms with Crippen molar-refractivity contribution in [2.24, 2.45) is 0 Å². The van der Waals surface area contributed by atoms with Crippen molar-refractivity contribution in [3.8, 4) is 11.4 Å². The van der Waals surface area contributed by atoms with E-state index in [4.69, 9.17) is 0 Å². The van der Waals surface area contributed by atoms with Crippen molar-refractivity contribution in [2.45, 2.75) is 42.9 Å². The first-order valence-electron chi connectivity index (χ1n) is 9.62. The fourth-order valence-electron chi connectivity index (χ4n) is 3.79. The lowest BCUT2D eigenvalue weighted by Crippen LogP contribution is -2.31. The minimum atomic E-state index is 0.191. The van der Waals surface area contributed by atoms with Crippen LogP contribution in [0.2, 0.25) is 0 Å². The third kappa shape index (κ3) is 3.46. The Morgan fingerprint density at radius 2 is 2.04 bits per heavy atom. The van der Waals surface area contributed by atoms with E-state index in [0.29, 0.717) is 11.8 Å². The maximum absolute atomic E-state index is 12.9. The molecule has 1 aliphatic carbocycles. The zero-order valence-electron chi connectivity index (χ0n) is 15.4. The molecule has 0 aromatic carbocycles. The van der Waals surface area contributed by atoms with Gasteiger partial charge in [-0.05, 0) is 49.3 Å². The molecule has 0 N–H and O–H groups in total. The van der Waals surface area contributed by atoms with E-state index in [9.17, 15) is 4.79 Å². The molecule has 8 heteroatoms. The maximum Gasteiger partial charge on any atom is 0.233 e. The highest BCUT2D eigenvalue weighted by molar-refractivity contribution is 7.99. The first-order chi connectivity index (χ1) is 13.8. The van der Waals surface area contributed by atoms with Gasteiger partial charge >= 0.3 is 0 Å². The number of carbonyl (C=O) groups is 1. The molecule has 5 rings (SSSR count). The van der Waals surface area contributed by atoms with Gasteiger partial charge in [-0.25, -0.2) is 0 Å². The lowest BCUT2D eigenvalue weighted by molar-refractivity contribution is -0.129. The van der Waals surface area contributed by atoms with Crippen LogP contribution in [0.5, 0.6) is 0 Å². The number of rotatable bonds is 6. The summed E-state index contributed by atoms with van der Waals surface area (Å²) >= 11 is 3.25. The molecule has 4 heterocycles. The van der Waals surface area contributed by atoms with Gasteiger partial charge < -0.3 is 4.90 Å². The molecular formula is C20H21N5OS2. The third-order valence-electron chi connectivity index (χ3n) is 5.28. The number of amides is 1. The Morgan fingerprint density at radius 1 is 1.18 bits per heavy atom. The Labute approximate surface area is 172 Å². The van der Waals surface area contributed by atoms with E-state index in [-0.39, 0.29) is 11.9 Å². The molecule has 3 aromatic rings. The first-order valence-corrected chi connectivity index (χ1v) is 11.5. The summed E-state index contributed by atoms with van der Waals surface area (Å²) in [6.45, 7) is 0.847. The van der Waals surface area contributed by atoms with Crippen LogP contribution in [0.1, 0.15) is 42.6 Å². The Kier molecular flexibility index (Phi) is 4.90. The number of carbonyl (C=O) groups excluding carboxylic acids is 1. The van der Waals surface area contributed by atoms with Gasteiger partial charge in [0, 0.05) is 35.4 Å². The average Bonchev–Trinajstić information content (AvgIpc) is 3.16. The van der Waals surface area contributed by atoms with Gasteiger partial charge in [-0.15, -0.1) is 21.5 Å². The predicted molar refractivity (Wildman–Crippen MR) is 110 cm³/mol. The quantitative estimate of drug-likeness (QED) is 0.569. The Bertz CT molecular complexity index is 952. The van der Waals surface area contributed by atoms with Gasteiger partial charge in [0.1, 0.15) is 0 Å². The molecule has 0 spiro atoms. The summed E-state index contributed by atoms with van der Waals surface area (Å²) in [6, 6.07) is 8.80. The van der Waals surface area contributed by atoms with Crippen molar-refractivity contribution in [3.63, 3.8) is 0 Å². The smallest absolute Gasteiger partial charge is 0.233 e. The van der Waals surface area contributed by atoms with Crippen LogP contribution in [-0.4, -0.2) is 42.9 Å². The number of hydrogen-bond donors (Lipinski definition) is 0. The molecule has 2 fully saturated rings. The second kappa shape index (κ2) is 7.67. The van der Waals surface area contributed by atoms with Crippen LogP contribution in [-0.2, 0) is 4.79 Å². The monoisotopic (exact) mass is 411 g/mol. The second-order valence-corrected chi connectivity index (χ2v) is 9.11. The summed E-state index contributed by atoms with van der Waals surface area (Å²) in [4.78, 5) is 20.4. The predicted octanol–water partition coefficient (Wildman–Crippen LogP) is 4.19. The summed E-state index contributed by atoms with van der Waals surface area (Å²) in [5.74, 6) is 1.47. The maximum atomic E-state index is 12.9. The summed E-state index contributed by atoms with van der Waals surface area (Å²) in [7, 11) is 0. The standard InChI is InChI=1S/C20H21N5OS2/c26-18(24-11-1-3-16(24)17-4-2-12-27-17)13-28-20-23-22-19(25(20)15-5-6-15)14-7-9-21-10-8-14/h2,4,7-10,12,15-16H,1,3,5-6,11,13H2. The molecule has 2 aliphatic rings. The van der Waals surface area contributed by atoms with E-state index >= 15 is 0 Å². The topological polar surface area (TPSA) is 63.9 Å². The molecular weight excluding hydrogens is 390 g/mol. The molecule has 28 heavy (non-hydrogen) atoms. The van der Waals surface area contributed by atoms with E-state index in [2.05, 4.69) is 37.3 Å². The molecule has 1 amide bonds. The van der Waals surface area contributed by atoms with E-state index in [0.717, 1.165) is 48.8 Å². The van der Waals surface area contributed by atoms with Crippen molar-refractivity contribution in [3.05, 3.63) is 46.9 Å². The fourth-order valence-corrected chi connectivity index (χ4v) is 5.55. The van der Waals surface area contributed by atoms with Gasteiger partial charge in [-0.3, -0.25) is 14.3 Å². The molecule has 1 saturated heterocycles. The Balaban J connectivity index is 1.32. The largest absolute Gasteiger partial charge is 0.334 e. The molecule has 1 atom stereocenters. The highest BCUT2D eigenvalue weighted by Gasteiger charge is 2.33. The van der Waals surface area contributed by atoms with Crippen LogP contribution in [0.4, 0.5) is 0 Å². The van der Waals surface area contributed by atoms with Gasteiger partial charge in [0.25, 0.3) is 0 Å². The van der Waals surface area contributed by atoms with E-state index in [1.54, 1.807) is 23.7 Å². The zero-order valence-corrected chi connectivity index (χ0v) is 17.0. The van der Waals surface area contributed by atoms with Crippen LogP contribution in [0.25, 0.3) is 11.4 Å². The van der Waals surface area contributed by atoms with Crippen molar-refractivity contribution >= 4 is 29.0 Å². The molecule has 1 aliphatic heterocycles. The average molecular weight is 412 g/mol. The van der Waals surface area contributed by atoms with Crippen molar-refractivity contribution in [1.82, 2.24) is 24.6 Å². The van der Waals surface area contributed by atoms with Crippen LogP contribution < -0.4 is 0 Å². The van der Waals surface area contributed by atoms with E-state index in [1.807, 2.05) is 17.0 Å². The van der Waals surface area contributed by atoms with Gasteiger partial charge in [-0.1, -0.05) is 17.8 Å². The highest BCUT2D eigenvalue weighted by Crippen LogP contribution is 2.41. The number of thiophene rings is 1. The summed E-state index contributed by atoms with van der Waals surface area (Å²) in [5.41, 5.74) is 1.02. The lowest BCUT2D eigenvalue weighted by Gasteiger charge is -2.23. The highest BCUT2D eigenvalue weighted by atomic mass is 32.2. The molecule has 3 aromatic heterocycles. The molecule has 0 radical (unpaired) electrons. The summed E-state index contributed by atoms with van der Waals surface area (Å²) in [6.07, 6.45) is 7.96. The SMILES string of the molecule is O=C(CSc1nnc(-c2ccncc2)n1C1CC1)N1CCCC1c1cccs1. The summed E-state index contributed by atoms with van der Waals surface area (Å²) in [5, 5.41) is 11.8. The number of likely N-dealkylation sites (tertiary alicyclic amines) is 1. The molecule has 1 saturated carbocycles. The fraction of sp³-hybridized carbons (Fsp3) is 0.400. The van der Waals surface area contributed by atoms with Gasteiger partial charge in [0.2, 0.25) is 5.91 Å². The Hall–Kier alpha value is -2.19. The van der Waals surface area contributed by atoms with Crippen LogP contribution in [0.15, 0.2) is 47.2 Å². The van der Waals surface area contributed by atoms with Gasteiger partial charge in [0.05, 0.1) is 11.8 Å².